The average molecular weight is 499 g/mol. The molecule has 0 aliphatic carbocycles. The SMILES string of the molecule is NSc1ccc(C(=O)N2CC3CN(C(=O)OCc4ccc(OC(F)(F)F)cc4)CC3C2)cc1F. The quantitative estimate of drug-likeness (QED) is 0.494. The molecule has 2 heterocycles. The minimum absolute atomic E-state index is 0.0824. The van der Waals surface area contributed by atoms with Gasteiger partial charge in [-0.2, -0.15) is 0 Å². The van der Waals surface area contributed by atoms with E-state index < -0.39 is 18.3 Å². The molecule has 12 heteroatoms. The largest absolute Gasteiger partial charge is 0.573 e. The molecule has 2 amide bonds. The van der Waals surface area contributed by atoms with E-state index in [2.05, 4.69) is 4.74 Å². The summed E-state index contributed by atoms with van der Waals surface area (Å²) >= 11 is 0.774. The van der Waals surface area contributed by atoms with Gasteiger partial charge in [-0.3, -0.25) is 9.93 Å². The van der Waals surface area contributed by atoms with Gasteiger partial charge in [0.1, 0.15) is 18.2 Å². The standard InChI is InChI=1S/C22H21F4N3O4S/c23-18-7-14(3-6-19(18)34-27)20(30)28-8-15-10-29(11-16(15)9-28)21(31)32-12-13-1-4-17(5-2-13)33-22(24,25)26/h1-7,15-16H,8-12,27H2. The van der Waals surface area contributed by atoms with Crippen LogP contribution in [0.15, 0.2) is 47.4 Å². The Kier molecular flexibility index (Phi) is 6.89. The molecule has 34 heavy (non-hydrogen) atoms. The molecule has 4 rings (SSSR count). The summed E-state index contributed by atoms with van der Waals surface area (Å²) in [6.07, 6.45) is -5.30. The van der Waals surface area contributed by atoms with Crippen molar-refractivity contribution in [1.82, 2.24) is 9.80 Å². The molecule has 0 spiro atoms. The molecule has 2 aliphatic rings. The summed E-state index contributed by atoms with van der Waals surface area (Å²) in [4.78, 5) is 28.7. The van der Waals surface area contributed by atoms with Crippen molar-refractivity contribution < 1.29 is 36.6 Å². The molecule has 7 nitrogen and oxygen atoms in total. The van der Waals surface area contributed by atoms with Gasteiger partial charge in [-0.25, -0.2) is 9.18 Å². The Balaban J connectivity index is 1.26. The monoisotopic (exact) mass is 499 g/mol. The second-order valence-electron chi connectivity index (χ2n) is 8.14. The average Bonchev–Trinajstić information content (AvgIpc) is 3.36. The summed E-state index contributed by atoms with van der Waals surface area (Å²) in [5, 5.41) is 5.38. The number of nitrogens with zero attached hydrogens (tertiary/aromatic N) is 2. The van der Waals surface area contributed by atoms with Crippen molar-refractivity contribution in [2.75, 3.05) is 26.2 Å². The van der Waals surface area contributed by atoms with E-state index in [0.29, 0.717) is 31.7 Å². The number of ether oxygens (including phenoxy) is 2. The lowest BCUT2D eigenvalue weighted by Crippen LogP contribution is -2.35. The number of nitrogens with two attached hydrogens (primary N) is 1. The fraction of sp³-hybridized carbons (Fsp3) is 0.364. The number of likely N-dealkylation sites (tertiary alicyclic amines) is 2. The first kappa shape index (κ1) is 24.1. The molecular weight excluding hydrogens is 478 g/mol. The number of benzene rings is 2. The van der Waals surface area contributed by atoms with Gasteiger partial charge in [-0.15, -0.1) is 13.2 Å². The molecule has 2 aliphatic heterocycles. The van der Waals surface area contributed by atoms with E-state index in [1.54, 1.807) is 15.9 Å². The van der Waals surface area contributed by atoms with Gasteiger partial charge in [0, 0.05) is 43.6 Å². The van der Waals surface area contributed by atoms with Crippen LogP contribution in [0, 0.1) is 17.7 Å². The van der Waals surface area contributed by atoms with E-state index in [1.165, 1.54) is 24.3 Å². The van der Waals surface area contributed by atoms with E-state index in [1.807, 2.05) is 0 Å². The Bertz CT molecular complexity index is 1050. The maximum absolute atomic E-state index is 14.0. The minimum Gasteiger partial charge on any atom is -0.445 e. The molecular formula is C22H21F4N3O4S. The fourth-order valence-electron chi connectivity index (χ4n) is 4.24. The van der Waals surface area contributed by atoms with E-state index in [-0.39, 0.29) is 40.6 Å². The Labute approximate surface area is 196 Å². The molecule has 0 aromatic heterocycles. The molecule has 2 unspecified atom stereocenters. The first-order chi connectivity index (χ1) is 16.1. The van der Waals surface area contributed by atoms with Crippen LogP contribution in [0.4, 0.5) is 22.4 Å². The summed E-state index contributed by atoms with van der Waals surface area (Å²) in [7, 11) is 0. The molecule has 2 aromatic carbocycles. The van der Waals surface area contributed by atoms with E-state index >= 15 is 0 Å². The predicted molar refractivity (Wildman–Crippen MR) is 114 cm³/mol. The van der Waals surface area contributed by atoms with Gasteiger partial charge in [-0.1, -0.05) is 12.1 Å². The number of hydrogen-bond acceptors (Lipinski definition) is 6. The summed E-state index contributed by atoms with van der Waals surface area (Å²) in [5.74, 6) is -1.01. The molecule has 0 bridgehead atoms. The zero-order chi connectivity index (χ0) is 24.5. The number of fused-ring (bicyclic) bond motifs is 1. The van der Waals surface area contributed by atoms with Crippen molar-refractivity contribution >= 4 is 23.9 Å². The van der Waals surface area contributed by atoms with Crippen molar-refractivity contribution in [3.8, 4) is 5.75 Å². The van der Waals surface area contributed by atoms with Gasteiger partial charge in [-0.05, 0) is 47.8 Å². The normalized spacial score (nSPS) is 19.8. The summed E-state index contributed by atoms with van der Waals surface area (Å²) < 4.78 is 59.7. The zero-order valence-electron chi connectivity index (χ0n) is 17.8. The van der Waals surface area contributed by atoms with Crippen molar-refractivity contribution in [2.24, 2.45) is 17.0 Å². The Morgan fingerprint density at radius 2 is 1.62 bits per heavy atom. The van der Waals surface area contributed by atoms with Crippen LogP contribution in [0.25, 0.3) is 0 Å². The molecule has 2 saturated heterocycles. The predicted octanol–water partition coefficient (Wildman–Crippen LogP) is 4.03. The van der Waals surface area contributed by atoms with Crippen molar-refractivity contribution in [1.29, 1.82) is 0 Å². The minimum atomic E-state index is -4.77. The third-order valence-electron chi connectivity index (χ3n) is 5.86. The highest BCUT2D eigenvalue weighted by atomic mass is 32.2. The Morgan fingerprint density at radius 3 is 2.18 bits per heavy atom. The van der Waals surface area contributed by atoms with Crippen LogP contribution in [-0.2, 0) is 11.3 Å². The third kappa shape index (κ3) is 5.55. The maximum Gasteiger partial charge on any atom is 0.573 e. The molecule has 0 radical (unpaired) electrons. The molecule has 2 N–H and O–H groups in total. The second-order valence-corrected chi connectivity index (χ2v) is 8.82. The van der Waals surface area contributed by atoms with Crippen molar-refractivity contribution in [3.63, 3.8) is 0 Å². The first-order valence-corrected chi connectivity index (χ1v) is 11.2. The highest BCUT2D eigenvalue weighted by molar-refractivity contribution is 7.97. The highest BCUT2D eigenvalue weighted by Crippen LogP contribution is 2.33. The molecule has 0 saturated carbocycles. The molecule has 182 valence electrons. The van der Waals surface area contributed by atoms with Gasteiger partial charge >= 0.3 is 12.5 Å². The molecule has 2 atom stereocenters. The lowest BCUT2D eigenvalue weighted by molar-refractivity contribution is -0.274. The van der Waals surface area contributed by atoms with E-state index in [9.17, 15) is 27.2 Å². The summed E-state index contributed by atoms with van der Waals surface area (Å²) in [6.45, 7) is 1.64. The van der Waals surface area contributed by atoms with Crippen LogP contribution in [0.1, 0.15) is 15.9 Å². The van der Waals surface area contributed by atoms with Gasteiger partial charge < -0.3 is 19.3 Å². The number of carbonyl (C=O) groups excluding carboxylic acids is 2. The number of rotatable bonds is 5. The van der Waals surface area contributed by atoms with Gasteiger partial charge in [0.15, 0.2) is 0 Å². The topological polar surface area (TPSA) is 85.1 Å². The van der Waals surface area contributed by atoms with Crippen molar-refractivity contribution in [2.45, 2.75) is 17.9 Å². The van der Waals surface area contributed by atoms with Crippen LogP contribution in [0.5, 0.6) is 5.75 Å². The molecule has 2 fully saturated rings. The van der Waals surface area contributed by atoms with Crippen LogP contribution in [-0.4, -0.2) is 54.3 Å². The number of amides is 2. The number of hydrogen-bond donors (Lipinski definition) is 1. The van der Waals surface area contributed by atoms with Crippen LogP contribution < -0.4 is 9.88 Å². The molecule has 2 aromatic rings. The summed E-state index contributed by atoms with van der Waals surface area (Å²) in [6, 6.07) is 9.26. The fourth-order valence-corrected chi connectivity index (χ4v) is 4.56. The smallest absolute Gasteiger partial charge is 0.445 e. The number of alkyl halides is 3. The highest BCUT2D eigenvalue weighted by Gasteiger charge is 2.43. The first-order valence-electron chi connectivity index (χ1n) is 10.3. The second kappa shape index (κ2) is 9.71. The van der Waals surface area contributed by atoms with Gasteiger partial charge in [0.05, 0.1) is 4.90 Å². The Morgan fingerprint density at radius 1 is 1.00 bits per heavy atom. The number of halogens is 4. The summed E-state index contributed by atoms with van der Waals surface area (Å²) in [5.41, 5.74) is 0.767. The lowest BCUT2D eigenvalue weighted by atomic mass is 10.0. The Hall–Kier alpha value is -2.99. The van der Waals surface area contributed by atoms with Gasteiger partial charge in [0.2, 0.25) is 0 Å². The van der Waals surface area contributed by atoms with Crippen LogP contribution in [0.2, 0.25) is 0 Å². The zero-order valence-corrected chi connectivity index (χ0v) is 18.6. The lowest BCUT2D eigenvalue weighted by Gasteiger charge is -2.22. The van der Waals surface area contributed by atoms with Gasteiger partial charge in [0.25, 0.3) is 5.91 Å². The van der Waals surface area contributed by atoms with E-state index in [0.717, 1.165) is 24.1 Å². The number of carbonyl (C=O) groups is 2. The van der Waals surface area contributed by atoms with Crippen molar-refractivity contribution in [3.05, 3.63) is 59.4 Å². The van der Waals surface area contributed by atoms with Crippen LogP contribution >= 0.6 is 11.9 Å². The van der Waals surface area contributed by atoms with Crippen LogP contribution in [0.3, 0.4) is 0 Å². The third-order valence-corrected chi connectivity index (χ3v) is 6.44. The van der Waals surface area contributed by atoms with E-state index in [4.69, 9.17) is 9.88 Å². The maximum atomic E-state index is 14.0.